The van der Waals surface area contributed by atoms with E-state index in [1.54, 1.807) is 0 Å². The molecule has 0 unspecified atom stereocenters. The molecular formula is C28H38O4. The van der Waals surface area contributed by atoms with E-state index < -0.39 is 5.60 Å². The number of allylic oxidation sites excluding steroid dienone is 5. The molecule has 1 aliphatic rings. The molecule has 1 N–H and O–H groups in total. The minimum Gasteiger partial charge on any atom is -0.507 e. The van der Waals surface area contributed by atoms with E-state index in [2.05, 4.69) is 52.8 Å². The van der Waals surface area contributed by atoms with Gasteiger partial charge in [0.05, 0.1) is 5.56 Å². The first-order valence-corrected chi connectivity index (χ1v) is 11.4. The van der Waals surface area contributed by atoms with Crippen LogP contribution in [0.15, 0.2) is 47.1 Å². The Morgan fingerprint density at radius 1 is 1.06 bits per heavy atom. The quantitative estimate of drug-likeness (QED) is 0.302. The Hall–Kier alpha value is -2.75. The lowest BCUT2D eigenvalue weighted by Gasteiger charge is -2.33. The van der Waals surface area contributed by atoms with E-state index in [-0.39, 0.29) is 17.1 Å². The van der Waals surface area contributed by atoms with Crippen molar-refractivity contribution in [1.29, 1.82) is 0 Å². The van der Waals surface area contributed by atoms with Gasteiger partial charge in [-0.25, -0.2) is 0 Å². The number of benzene rings is 1. The molecular weight excluding hydrogens is 400 g/mol. The molecule has 1 aromatic carbocycles. The number of rotatable bonds is 10. The summed E-state index contributed by atoms with van der Waals surface area (Å²) in [5, 5.41) is 10.6. The van der Waals surface area contributed by atoms with E-state index in [1.807, 2.05) is 19.1 Å². The average Bonchev–Trinajstić information content (AvgIpc) is 2.66. The lowest BCUT2D eigenvalue weighted by molar-refractivity contribution is 0.0983. The van der Waals surface area contributed by atoms with Crippen LogP contribution in [0.25, 0.3) is 6.08 Å². The van der Waals surface area contributed by atoms with Gasteiger partial charge in [-0.05, 0) is 92.4 Å². The summed E-state index contributed by atoms with van der Waals surface area (Å²) < 4.78 is 12.3. The van der Waals surface area contributed by atoms with Crippen LogP contribution in [0.4, 0.5) is 0 Å². The van der Waals surface area contributed by atoms with Gasteiger partial charge in [0.2, 0.25) is 0 Å². The minimum absolute atomic E-state index is 0.113. The van der Waals surface area contributed by atoms with Crippen molar-refractivity contribution in [1.82, 2.24) is 0 Å². The van der Waals surface area contributed by atoms with Crippen molar-refractivity contribution in [3.05, 3.63) is 58.2 Å². The number of hydrogen-bond acceptors (Lipinski definition) is 4. The second kappa shape index (κ2) is 11.2. The van der Waals surface area contributed by atoms with Crippen LogP contribution in [0.3, 0.4) is 0 Å². The first-order valence-electron chi connectivity index (χ1n) is 11.4. The number of phenolic OH excluding ortho intramolecular Hbond substituents is 1. The SMILES string of the molecule is CC(=O)c1c(O)cc(OCC=C(C)CCC=C(C)C)c2c1O[C@](C)(CCC=C(C)C)C=C2. The van der Waals surface area contributed by atoms with E-state index >= 15 is 0 Å². The molecule has 174 valence electrons. The number of aromatic hydroxyl groups is 1. The van der Waals surface area contributed by atoms with Crippen LogP contribution in [0.1, 0.15) is 90.1 Å². The van der Waals surface area contributed by atoms with Crippen LogP contribution in [0.5, 0.6) is 17.2 Å². The van der Waals surface area contributed by atoms with Gasteiger partial charge in [-0.15, -0.1) is 0 Å². The van der Waals surface area contributed by atoms with Crippen molar-refractivity contribution in [2.75, 3.05) is 6.61 Å². The maximum absolute atomic E-state index is 12.3. The number of fused-ring (bicyclic) bond motifs is 1. The average molecular weight is 439 g/mol. The Morgan fingerprint density at radius 2 is 1.72 bits per heavy atom. The Morgan fingerprint density at radius 3 is 2.34 bits per heavy atom. The first-order chi connectivity index (χ1) is 15.0. The third-order valence-electron chi connectivity index (χ3n) is 5.51. The highest BCUT2D eigenvalue weighted by molar-refractivity contribution is 6.01. The highest BCUT2D eigenvalue weighted by Gasteiger charge is 2.32. The zero-order valence-corrected chi connectivity index (χ0v) is 20.7. The molecule has 0 spiro atoms. The maximum atomic E-state index is 12.3. The summed E-state index contributed by atoms with van der Waals surface area (Å²) in [6, 6.07) is 1.52. The van der Waals surface area contributed by atoms with Crippen LogP contribution in [0, 0.1) is 0 Å². The third kappa shape index (κ3) is 7.15. The molecule has 0 amide bonds. The molecule has 1 heterocycles. The second-order valence-electron chi connectivity index (χ2n) is 9.32. The Bertz CT molecular complexity index is 954. The highest BCUT2D eigenvalue weighted by atomic mass is 16.5. The fourth-order valence-corrected chi connectivity index (χ4v) is 3.63. The largest absolute Gasteiger partial charge is 0.507 e. The van der Waals surface area contributed by atoms with Crippen molar-refractivity contribution in [2.45, 2.75) is 79.8 Å². The smallest absolute Gasteiger partial charge is 0.167 e. The predicted molar refractivity (Wildman–Crippen MR) is 133 cm³/mol. The van der Waals surface area contributed by atoms with Crippen molar-refractivity contribution in [3.63, 3.8) is 0 Å². The van der Waals surface area contributed by atoms with Crippen molar-refractivity contribution in [2.24, 2.45) is 0 Å². The van der Waals surface area contributed by atoms with Gasteiger partial charge in [0, 0.05) is 6.07 Å². The molecule has 0 aromatic heterocycles. The van der Waals surface area contributed by atoms with Crippen LogP contribution < -0.4 is 9.47 Å². The number of Topliss-reactive ketones (excluding diaryl/α,β-unsaturated/α-hetero) is 1. The van der Waals surface area contributed by atoms with E-state index in [0.717, 1.165) is 25.7 Å². The van der Waals surface area contributed by atoms with Crippen LogP contribution >= 0.6 is 0 Å². The molecule has 0 bridgehead atoms. The molecule has 0 aliphatic carbocycles. The molecule has 2 rings (SSSR count). The lowest BCUT2D eigenvalue weighted by Crippen LogP contribution is -2.32. The maximum Gasteiger partial charge on any atom is 0.167 e. The summed E-state index contributed by atoms with van der Waals surface area (Å²) in [6.07, 6.45) is 14.0. The predicted octanol–water partition coefficient (Wildman–Crippen LogP) is 7.58. The molecule has 1 aliphatic heterocycles. The number of ether oxygens (including phenoxy) is 2. The highest BCUT2D eigenvalue weighted by Crippen LogP contribution is 2.45. The monoisotopic (exact) mass is 438 g/mol. The summed E-state index contributed by atoms with van der Waals surface area (Å²) >= 11 is 0. The third-order valence-corrected chi connectivity index (χ3v) is 5.51. The summed E-state index contributed by atoms with van der Waals surface area (Å²) in [5.41, 5.74) is 4.17. The number of phenols is 1. The molecule has 32 heavy (non-hydrogen) atoms. The van der Waals surface area contributed by atoms with E-state index in [1.165, 1.54) is 29.7 Å². The summed E-state index contributed by atoms with van der Waals surface area (Å²) in [5.74, 6) is 0.567. The van der Waals surface area contributed by atoms with Gasteiger partial charge in [0.25, 0.3) is 0 Å². The Labute approximate surface area is 193 Å². The number of carbonyl (C=O) groups excluding carboxylic acids is 1. The van der Waals surface area contributed by atoms with Gasteiger partial charge in [-0.3, -0.25) is 4.79 Å². The summed E-state index contributed by atoms with van der Waals surface area (Å²) in [6.45, 7) is 14.3. The molecule has 0 saturated carbocycles. The van der Waals surface area contributed by atoms with Crippen LogP contribution in [-0.4, -0.2) is 23.1 Å². The molecule has 0 saturated heterocycles. The summed E-state index contributed by atoms with van der Waals surface area (Å²) in [7, 11) is 0. The second-order valence-corrected chi connectivity index (χ2v) is 9.32. The van der Waals surface area contributed by atoms with Gasteiger partial charge in [-0.2, -0.15) is 0 Å². The molecule has 1 aromatic rings. The van der Waals surface area contributed by atoms with Crippen molar-refractivity contribution in [3.8, 4) is 17.2 Å². The zero-order valence-electron chi connectivity index (χ0n) is 20.7. The van der Waals surface area contributed by atoms with Gasteiger partial charge >= 0.3 is 0 Å². The topological polar surface area (TPSA) is 55.8 Å². The Kier molecular flexibility index (Phi) is 8.94. The molecule has 4 nitrogen and oxygen atoms in total. The Balaban J connectivity index is 2.26. The number of carbonyl (C=O) groups is 1. The number of ketones is 1. The van der Waals surface area contributed by atoms with Gasteiger partial charge < -0.3 is 14.6 Å². The van der Waals surface area contributed by atoms with Crippen LogP contribution in [-0.2, 0) is 0 Å². The molecule has 4 heteroatoms. The first kappa shape index (κ1) is 25.5. The minimum atomic E-state index is -0.560. The lowest BCUT2D eigenvalue weighted by atomic mass is 9.92. The molecule has 0 fully saturated rings. The summed E-state index contributed by atoms with van der Waals surface area (Å²) in [4.78, 5) is 12.3. The molecule has 1 atom stereocenters. The zero-order chi connectivity index (χ0) is 23.9. The van der Waals surface area contributed by atoms with E-state index in [0.29, 0.717) is 23.7 Å². The van der Waals surface area contributed by atoms with E-state index in [9.17, 15) is 9.90 Å². The van der Waals surface area contributed by atoms with Gasteiger partial charge in [0.15, 0.2) is 5.78 Å². The van der Waals surface area contributed by atoms with Crippen LogP contribution in [0.2, 0.25) is 0 Å². The fraction of sp³-hybridized carbons (Fsp3) is 0.464. The standard InChI is InChI=1S/C28H38O4/c1-19(2)10-8-12-21(5)14-17-31-25-18-24(30)26(22(6)29)27-23(25)13-16-28(7,32-27)15-9-11-20(3)4/h10-11,13-14,16,18,30H,8-9,12,15,17H2,1-7H3/t28-/m1/s1. The molecule has 0 radical (unpaired) electrons. The fourth-order valence-electron chi connectivity index (χ4n) is 3.63. The van der Waals surface area contributed by atoms with Gasteiger partial charge in [-0.1, -0.05) is 28.9 Å². The van der Waals surface area contributed by atoms with Gasteiger partial charge in [0.1, 0.15) is 35.0 Å². The normalized spacial score (nSPS) is 17.3. The van der Waals surface area contributed by atoms with E-state index in [4.69, 9.17) is 9.47 Å². The van der Waals surface area contributed by atoms with Crippen molar-refractivity contribution >= 4 is 11.9 Å². The van der Waals surface area contributed by atoms with Crippen molar-refractivity contribution < 1.29 is 19.4 Å². The number of hydrogen-bond donors (Lipinski definition) is 1.